The second-order valence-electron chi connectivity index (χ2n) is 0.0452. The molecule has 0 saturated heterocycles. The molecule has 0 aliphatic heterocycles. The van der Waals surface area contributed by atoms with E-state index < -0.39 is 0 Å². The maximum Gasteiger partial charge on any atom is 0 e. The molecule has 5 heteroatoms. The first-order valence-corrected chi connectivity index (χ1v) is 2.96. The van der Waals surface area contributed by atoms with Crippen molar-refractivity contribution in [3.05, 3.63) is 0 Å². The summed E-state index contributed by atoms with van der Waals surface area (Å²) in [5.41, 5.74) is 0. The zero-order valence-electron chi connectivity index (χ0n) is 2.43. The van der Waals surface area contributed by atoms with Crippen molar-refractivity contribution in [2.45, 2.75) is 0 Å². The van der Waals surface area contributed by atoms with E-state index in [2.05, 4.69) is 0 Å². The zero-order valence-corrected chi connectivity index (χ0v) is 8.03. The molecule has 0 heterocycles. The summed E-state index contributed by atoms with van der Waals surface area (Å²) in [6.07, 6.45) is 0. The Kier molecular flexibility index (Phi) is 50.0. The second-order valence-corrected chi connectivity index (χ2v) is 1.68. The monoisotopic (exact) mass is 207 g/mol. The maximum absolute atomic E-state index is 4.70. The molecule has 5 heavy (non-hydrogen) atoms. The molecule has 0 rings (SSSR count). The third kappa shape index (κ3) is 20.7. The minimum absolute atomic E-state index is 0. The van der Waals surface area contributed by atoms with Crippen molar-refractivity contribution in [3.63, 3.8) is 0 Å². The van der Waals surface area contributed by atoms with Crippen molar-refractivity contribution in [3.8, 4) is 0 Å². The summed E-state index contributed by atoms with van der Waals surface area (Å²) in [7, 11) is 9.40. The first-order chi connectivity index (χ1) is 1.41. The summed E-state index contributed by atoms with van der Waals surface area (Å²) in [4.78, 5) is 0. The molecule has 0 spiro atoms. The van der Waals surface area contributed by atoms with Crippen LogP contribution in [0.4, 0.5) is 0 Å². The quantitative estimate of drug-likeness (QED) is 0.521. The van der Waals surface area contributed by atoms with Crippen LogP contribution in [0.3, 0.4) is 0 Å². The summed E-state index contributed by atoms with van der Waals surface area (Å²) in [6, 6.07) is 0. The summed E-state index contributed by atoms with van der Waals surface area (Å²) in [5, 5.41) is 0. The minimum Gasteiger partial charge on any atom is 0 e. The third-order valence-electron chi connectivity index (χ3n) is 0. The largest absolute Gasteiger partial charge is 0 e. The molecule has 0 aromatic heterocycles. The number of hydrogen-bond acceptors (Lipinski definition) is 0. The van der Waals surface area contributed by atoms with E-state index >= 15 is 0 Å². The molecule has 0 aromatic rings. The minimum atomic E-state index is 0. The van der Waals surface area contributed by atoms with Crippen LogP contribution in [0.1, 0.15) is 0 Å². The smallest absolute Gasteiger partial charge is 0 e. The standard InChI is InChI=1S/2ClH.Fe.Na.Ni/h2*1H;;;/q;;;;+2/p-2. The van der Waals surface area contributed by atoms with Gasteiger partial charge in [0.15, 0.2) is 0 Å². The van der Waals surface area contributed by atoms with Gasteiger partial charge in [0.25, 0.3) is 0 Å². The molecule has 0 aromatic carbocycles. The number of rotatable bonds is 0. The molecule has 0 unspecified atom stereocenters. The normalized spacial score (nSPS) is 4.40. The molecule has 0 atom stereocenters. The van der Waals surface area contributed by atoms with Crippen molar-refractivity contribution >= 4 is 49.9 Å². The topological polar surface area (TPSA) is 0 Å². The first-order valence-electron chi connectivity index (χ1n) is 0.239. The van der Waals surface area contributed by atoms with E-state index in [9.17, 15) is 0 Å². The molecule has 0 fully saturated rings. The van der Waals surface area contributed by atoms with Crippen molar-refractivity contribution in [2.75, 3.05) is 0 Å². The van der Waals surface area contributed by atoms with Crippen molar-refractivity contribution < 1.29 is 29.7 Å². The van der Waals surface area contributed by atoms with Crippen molar-refractivity contribution in [1.29, 1.82) is 0 Å². The molecule has 33 valence electrons. The molecule has 0 nitrogen and oxygen atoms in total. The number of hydrogen-bond donors (Lipinski definition) is 0. The Labute approximate surface area is 78.5 Å². The number of halogens is 2. The Morgan fingerprint density at radius 1 is 1.20 bits per heavy atom. The van der Waals surface area contributed by atoms with Crippen LogP contribution in [0.2, 0.25) is 0 Å². The average molecular weight is 208 g/mol. The van der Waals surface area contributed by atoms with Gasteiger partial charge >= 0.3 is 33.0 Å². The van der Waals surface area contributed by atoms with Gasteiger partial charge in [0.2, 0.25) is 0 Å². The van der Waals surface area contributed by atoms with Gasteiger partial charge in [-0.05, 0) is 0 Å². The van der Waals surface area contributed by atoms with Crippen LogP contribution in [-0.2, 0) is 29.7 Å². The fourth-order valence-electron chi connectivity index (χ4n) is 0. The van der Waals surface area contributed by atoms with Crippen LogP contribution >= 0.6 is 20.4 Å². The first kappa shape index (κ1) is 15.6. The van der Waals surface area contributed by atoms with Crippen molar-refractivity contribution in [1.82, 2.24) is 0 Å². The van der Waals surface area contributed by atoms with Crippen LogP contribution in [0.5, 0.6) is 0 Å². The zero-order chi connectivity index (χ0) is 2.71. The predicted molar refractivity (Wildman–Crippen MR) is 17.5 cm³/mol. The van der Waals surface area contributed by atoms with Crippen LogP contribution in [0, 0.1) is 0 Å². The molecular formula is Cl2FeNaNi. The van der Waals surface area contributed by atoms with Gasteiger partial charge in [0, 0.05) is 46.6 Å². The van der Waals surface area contributed by atoms with Gasteiger partial charge in [-0.15, -0.1) is 0 Å². The summed E-state index contributed by atoms with van der Waals surface area (Å²) >= 11 is 0.569. The van der Waals surface area contributed by atoms with Gasteiger partial charge in [-0.3, -0.25) is 0 Å². The van der Waals surface area contributed by atoms with E-state index in [0.29, 0.717) is 12.7 Å². The van der Waals surface area contributed by atoms with E-state index in [1.807, 2.05) is 0 Å². The van der Waals surface area contributed by atoms with Crippen LogP contribution in [0.15, 0.2) is 0 Å². The van der Waals surface area contributed by atoms with Gasteiger partial charge in [-0.25, -0.2) is 0 Å². The van der Waals surface area contributed by atoms with Gasteiger partial charge in [0.05, 0.1) is 0 Å². The molecule has 0 bridgehead atoms. The van der Waals surface area contributed by atoms with E-state index in [1.54, 1.807) is 0 Å². The van der Waals surface area contributed by atoms with E-state index in [1.165, 1.54) is 0 Å². The van der Waals surface area contributed by atoms with Gasteiger partial charge in [-0.2, -0.15) is 0 Å². The Morgan fingerprint density at radius 2 is 1.20 bits per heavy atom. The van der Waals surface area contributed by atoms with Crippen LogP contribution in [0.25, 0.3) is 0 Å². The Hall–Kier alpha value is 2.59. The van der Waals surface area contributed by atoms with Gasteiger partial charge < -0.3 is 0 Å². The molecule has 0 saturated carbocycles. The molecule has 1 radical (unpaired) electrons. The molecular weight excluding hydrogens is 208 g/mol. The Bertz CT molecular complexity index is 9.61. The summed E-state index contributed by atoms with van der Waals surface area (Å²) in [5.74, 6) is 0. The van der Waals surface area contributed by atoms with Gasteiger partial charge in [-0.1, -0.05) is 0 Å². The molecule has 0 N–H and O–H groups in total. The van der Waals surface area contributed by atoms with E-state index in [0.717, 1.165) is 0 Å². The average Bonchev–Trinajstić information content (AvgIpc) is 0.918. The summed E-state index contributed by atoms with van der Waals surface area (Å²) < 4.78 is 0. The Balaban J connectivity index is -0.0000000200. The summed E-state index contributed by atoms with van der Waals surface area (Å²) in [6.45, 7) is 0. The SMILES string of the molecule is [Cl][Ni][Cl].[Fe].[Na]. The molecule has 0 aliphatic carbocycles. The van der Waals surface area contributed by atoms with E-state index in [-0.39, 0.29) is 46.6 Å². The van der Waals surface area contributed by atoms with Crippen LogP contribution < -0.4 is 0 Å². The van der Waals surface area contributed by atoms with E-state index in [4.69, 9.17) is 20.4 Å². The second kappa shape index (κ2) is 16.0. The fourth-order valence-corrected chi connectivity index (χ4v) is 0. The predicted octanol–water partition coefficient (Wildman–Crippen LogP) is 0.993. The molecule has 0 aliphatic rings. The van der Waals surface area contributed by atoms with Gasteiger partial charge in [0.1, 0.15) is 0 Å². The maximum atomic E-state index is 4.70. The third-order valence-corrected chi connectivity index (χ3v) is 0. The Morgan fingerprint density at radius 3 is 1.20 bits per heavy atom. The van der Waals surface area contributed by atoms with Crippen LogP contribution in [-0.4, -0.2) is 29.6 Å². The van der Waals surface area contributed by atoms with Crippen molar-refractivity contribution in [2.24, 2.45) is 0 Å². The fraction of sp³-hybridized carbons (Fsp3) is 0. The molecule has 0 amide bonds.